The van der Waals surface area contributed by atoms with Gasteiger partial charge in [-0.1, -0.05) is 23.7 Å². The molecule has 0 aliphatic carbocycles. The van der Waals surface area contributed by atoms with Crippen molar-refractivity contribution in [2.45, 2.75) is 12.8 Å². The molecule has 0 amide bonds. The maximum Gasteiger partial charge on any atom is 0.195 e. The number of hydrogen-bond acceptors (Lipinski definition) is 3. The number of carbonyl (C=O) groups excluding carboxylic acids is 2. The van der Waals surface area contributed by atoms with Crippen LogP contribution >= 0.6 is 11.6 Å². The molecule has 1 aromatic heterocycles. The molecule has 120 valence electrons. The maximum absolute atomic E-state index is 12.7. The summed E-state index contributed by atoms with van der Waals surface area (Å²) < 4.78 is 1.76. The predicted octanol–water partition coefficient (Wildman–Crippen LogP) is 3.19. The summed E-state index contributed by atoms with van der Waals surface area (Å²) in [6.07, 6.45) is 5.71. The van der Waals surface area contributed by atoms with Crippen LogP contribution in [0.2, 0.25) is 5.02 Å². The Labute approximate surface area is 140 Å². The number of halogens is 1. The van der Waals surface area contributed by atoms with Crippen molar-refractivity contribution in [3.63, 3.8) is 0 Å². The van der Waals surface area contributed by atoms with Crippen molar-refractivity contribution >= 4 is 23.2 Å². The Bertz CT molecular complexity index is 745. The largest absolute Gasteiger partial charge is 0.356 e. The highest BCUT2D eigenvalue weighted by Crippen LogP contribution is 2.20. The number of rotatable bonds is 5. The molecule has 2 heterocycles. The van der Waals surface area contributed by atoms with Crippen molar-refractivity contribution in [1.82, 2.24) is 9.47 Å². The van der Waals surface area contributed by atoms with E-state index >= 15 is 0 Å². The number of nitrogens with zero attached hydrogens (tertiary/aromatic N) is 2. The Morgan fingerprint density at radius 2 is 1.83 bits per heavy atom. The van der Waals surface area contributed by atoms with E-state index in [4.69, 9.17) is 11.6 Å². The summed E-state index contributed by atoms with van der Waals surface area (Å²) in [6.45, 7) is 2.28. The Morgan fingerprint density at radius 3 is 2.52 bits per heavy atom. The second-order valence-corrected chi connectivity index (χ2v) is 6.43. The maximum atomic E-state index is 12.7. The second-order valence-electron chi connectivity index (χ2n) is 6.00. The number of likely N-dealkylation sites (tertiary alicyclic amines) is 1. The molecule has 4 nitrogen and oxygen atoms in total. The fraction of sp³-hybridized carbons (Fsp3) is 0.333. The zero-order valence-electron chi connectivity index (χ0n) is 13.1. The zero-order chi connectivity index (χ0) is 16.4. The summed E-state index contributed by atoms with van der Waals surface area (Å²) >= 11 is 5.97. The molecule has 0 saturated carbocycles. The van der Waals surface area contributed by atoms with Crippen molar-refractivity contribution in [3.8, 4) is 0 Å². The molecule has 0 spiro atoms. The van der Waals surface area contributed by atoms with Gasteiger partial charge in [-0.15, -0.1) is 0 Å². The number of aromatic nitrogens is 1. The number of benzene rings is 1. The van der Waals surface area contributed by atoms with Crippen LogP contribution in [-0.4, -0.2) is 40.7 Å². The highest BCUT2D eigenvalue weighted by atomic mass is 35.5. The van der Waals surface area contributed by atoms with E-state index in [0.717, 1.165) is 25.9 Å². The number of Topliss-reactive ketones (excluding diaryl/α,β-unsaturated/α-hetero) is 1. The summed E-state index contributed by atoms with van der Waals surface area (Å²) in [5, 5.41) is 0.511. The SMILES string of the molecule is Cn1cc(C(=O)CN2CCCC2)c(C(=O)c2cccc(Cl)c2)c1. The molecular formula is C18H19ClN2O2. The minimum absolute atomic E-state index is 0.00196. The molecule has 0 N–H and O–H groups in total. The molecule has 5 heteroatoms. The van der Waals surface area contributed by atoms with Crippen molar-refractivity contribution < 1.29 is 9.59 Å². The van der Waals surface area contributed by atoms with E-state index in [1.807, 2.05) is 7.05 Å². The van der Waals surface area contributed by atoms with Crippen LogP contribution < -0.4 is 0 Å². The van der Waals surface area contributed by atoms with Crippen LogP contribution in [0.5, 0.6) is 0 Å². The second kappa shape index (κ2) is 6.69. The Balaban J connectivity index is 1.87. The molecule has 2 aromatic rings. The Kier molecular flexibility index (Phi) is 4.64. The van der Waals surface area contributed by atoms with Crippen molar-refractivity contribution in [1.29, 1.82) is 0 Å². The van der Waals surface area contributed by atoms with Crippen molar-refractivity contribution in [2.75, 3.05) is 19.6 Å². The van der Waals surface area contributed by atoms with Gasteiger partial charge in [0.05, 0.1) is 12.1 Å². The van der Waals surface area contributed by atoms with Crippen LogP contribution in [0.15, 0.2) is 36.7 Å². The third kappa shape index (κ3) is 3.54. The molecule has 3 rings (SSSR count). The summed E-state index contributed by atoms with van der Waals surface area (Å²) in [5.74, 6) is -0.171. The van der Waals surface area contributed by atoms with Gasteiger partial charge in [-0.2, -0.15) is 0 Å². The summed E-state index contributed by atoms with van der Waals surface area (Å²) in [5.41, 5.74) is 1.43. The number of aryl methyl sites for hydroxylation is 1. The van der Waals surface area contributed by atoms with Gasteiger partial charge in [0.1, 0.15) is 0 Å². The minimum Gasteiger partial charge on any atom is -0.356 e. The third-order valence-electron chi connectivity index (χ3n) is 4.15. The van der Waals surface area contributed by atoms with E-state index in [1.165, 1.54) is 0 Å². The van der Waals surface area contributed by atoms with Gasteiger partial charge >= 0.3 is 0 Å². The molecule has 1 aliphatic heterocycles. The normalized spacial score (nSPS) is 15.0. The van der Waals surface area contributed by atoms with Gasteiger partial charge in [-0.3, -0.25) is 14.5 Å². The van der Waals surface area contributed by atoms with Crippen molar-refractivity contribution in [2.24, 2.45) is 7.05 Å². The smallest absolute Gasteiger partial charge is 0.195 e. The van der Waals surface area contributed by atoms with E-state index in [0.29, 0.717) is 28.3 Å². The van der Waals surface area contributed by atoms with Crippen LogP contribution in [0.1, 0.15) is 39.1 Å². The quantitative estimate of drug-likeness (QED) is 0.791. The van der Waals surface area contributed by atoms with Crippen molar-refractivity contribution in [3.05, 3.63) is 58.4 Å². The van der Waals surface area contributed by atoms with Gasteiger partial charge in [-0.05, 0) is 38.1 Å². The molecular weight excluding hydrogens is 312 g/mol. The van der Waals surface area contributed by atoms with Gasteiger partial charge in [0.2, 0.25) is 0 Å². The first-order chi connectivity index (χ1) is 11.0. The van der Waals surface area contributed by atoms with Gasteiger partial charge < -0.3 is 4.57 Å². The minimum atomic E-state index is -0.169. The third-order valence-corrected chi connectivity index (χ3v) is 4.39. The Morgan fingerprint density at radius 1 is 1.13 bits per heavy atom. The average molecular weight is 331 g/mol. The molecule has 0 unspecified atom stereocenters. The van der Waals surface area contributed by atoms with Gasteiger partial charge in [-0.25, -0.2) is 0 Å². The molecule has 1 aliphatic rings. The average Bonchev–Trinajstić information content (AvgIpc) is 3.16. The lowest BCUT2D eigenvalue weighted by atomic mass is 10.0. The van der Waals surface area contributed by atoms with E-state index in [-0.39, 0.29) is 11.6 Å². The lowest BCUT2D eigenvalue weighted by molar-refractivity contribution is 0.0935. The summed E-state index contributed by atoms with van der Waals surface area (Å²) in [4.78, 5) is 27.5. The molecule has 0 bridgehead atoms. The first-order valence-corrected chi connectivity index (χ1v) is 8.14. The molecule has 1 saturated heterocycles. The monoisotopic (exact) mass is 330 g/mol. The van der Waals surface area contributed by atoms with E-state index in [2.05, 4.69) is 4.90 Å². The lowest BCUT2D eigenvalue weighted by Gasteiger charge is -2.13. The standard InChI is InChI=1S/C18H19ClN2O2/c1-20-10-15(17(22)12-21-7-2-3-8-21)16(11-20)18(23)13-5-4-6-14(19)9-13/h4-6,9-11H,2-3,7-8,12H2,1H3. The van der Waals surface area contributed by atoms with Gasteiger partial charge in [0.15, 0.2) is 11.6 Å². The highest BCUT2D eigenvalue weighted by molar-refractivity contribution is 6.31. The summed E-state index contributed by atoms with van der Waals surface area (Å²) in [7, 11) is 1.82. The fourth-order valence-corrected chi connectivity index (χ4v) is 3.19. The first-order valence-electron chi connectivity index (χ1n) is 7.76. The summed E-state index contributed by atoms with van der Waals surface area (Å²) in [6, 6.07) is 6.81. The highest BCUT2D eigenvalue weighted by Gasteiger charge is 2.23. The van der Waals surface area contributed by atoms with Crippen LogP contribution in [0.25, 0.3) is 0 Å². The van der Waals surface area contributed by atoms with E-state index in [1.54, 1.807) is 41.2 Å². The van der Waals surface area contributed by atoms with Crippen LogP contribution in [0, 0.1) is 0 Å². The molecule has 1 fully saturated rings. The van der Waals surface area contributed by atoms with Crippen LogP contribution in [-0.2, 0) is 7.05 Å². The number of ketones is 2. The Hall–Kier alpha value is -1.91. The van der Waals surface area contributed by atoms with Gasteiger partial charge in [0, 0.05) is 35.6 Å². The van der Waals surface area contributed by atoms with E-state index < -0.39 is 0 Å². The predicted molar refractivity (Wildman–Crippen MR) is 90.3 cm³/mol. The molecule has 23 heavy (non-hydrogen) atoms. The number of carbonyl (C=O) groups is 2. The zero-order valence-corrected chi connectivity index (χ0v) is 13.8. The lowest BCUT2D eigenvalue weighted by Crippen LogP contribution is -2.27. The molecule has 0 atom stereocenters. The molecule has 0 radical (unpaired) electrons. The first kappa shape index (κ1) is 16.0. The number of hydrogen-bond donors (Lipinski definition) is 0. The molecule has 1 aromatic carbocycles. The van der Waals surface area contributed by atoms with Crippen LogP contribution in [0.3, 0.4) is 0 Å². The fourth-order valence-electron chi connectivity index (χ4n) is 3.00. The van der Waals surface area contributed by atoms with Gasteiger partial charge in [0.25, 0.3) is 0 Å². The topological polar surface area (TPSA) is 42.3 Å². The van der Waals surface area contributed by atoms with Crippen LogP contribution in [0.4, 0.5) is 0 Å². The van der Waals surface area contributed by atoms with E-state index in [9.17, 15) is 9.59 Å².